The van der Waals surface area contributed by atoms with E-state index in [-0.39, 0.29) is 11.4 Å². The van der Waals surface area contributed by atoms with Crippen molar-refractivity contribution in [3.05, 3.63) is 36.5 Å². The Morgan fingerprint density at radius 3 is 2.00 bits per heavy atom. The average Bonchev–Trinajstić information content (AvgIpc) is 2.51. The number of ether oxygens (including phenoxy) is 1. The topological polar surface area (TPSA) is 57.8 Å². The molecule has 0 radical (unpaired) electrons. The van der Waals surface area contributed by atoms with E-state index in [0.717, 1.165) is 32.1 Å². The summed E-state index contributed by atoms with van der Waals surface area (Å²) in [7, 11) is 0. The second-order valence-electron chi connectivity index (χ2n) is 5.41. The molecule has 0 atom stereocenters. The number of hydrogen-bond donors (Lipinski definition) is 0. The van der Waals surface area contributed by atoms with Crippen LogP contribution in [0.2, 0.25) is 0 Å². The van der Waals surface area contributed by atoms with E-state index in [9.17, 15) is 4.79 Å². The predicted octanol–water partition coefficient (Wildman–Crippen LogP) is 5.31. The summed E-state index contributed by atoms with van der Waals surface area (Å²) in [5.74, 6) is -0.0522. The summed E-state index contributed by atoms with van der Waals surface area (Å²) in [5.41, 5.74) is 0. The highest BCUT2D eigenvalue weighted by Crippen LogP contribution is 2.08. The van der Waals surface area contributed by atoms with E-state index in [1.165, 1.54) is 25.7 Å². The van der Waals surface area contributed by atoms with Gasteiger partial charge in [0.15, 0.2) is 0 Å². The lowest BCUT2D eigenvalue weighted by molar-refractivity contribution is -0.143. The van der Waals surface area contributed by atoms with Gasteiger partial charge >= 0.3 is 5.97 Å². The number of unbranched alkanes of at least 4 members (excludes halogenated alkanes) is 5. The van der Waals surface area contributed by atoms with Gasteiger partial charge in [-0.05, 0) is 45.4 Å². The number of esters is 1. The van der Waals surface area contributed by atoms with Crippen molar-refractivity contribution in [1.29, 1.82) is 0 Å². The maximum absolute atomic E-state index is 11.1. The van der Waals surface area contributed by atoms with Crippen LogP contribution in [0.3, 0.4) is 0 Å². The van der Waals surface area contributed by atoms with Crippen LogP contribution in [0.4, 0.5) is 0 Å². The molecule has 0 fully saturated rings. The van der Waals surface area contributed by atoms with Gasteiger partial charge in [-0.25, -0.2) is 0 Å². The molecule has 0 aromatic heterocycles. The Balaban J connectivity index is 0. The zero-order valence-corrected chi connectivity index (χ0v) is 15.1. The lowest BCUT2D eigenvalue weighted by Crippen LogP contribution is -2.03. The van der Waals surface area contributed by atoms with E-state index >= 15 is 0 Å². The van der Waals surface area contributed by atoms with E-state index < -0.39 is 0 Å². The van der Waals surface area contributed by atoms with Crippen molar-refractivity contribution in [1.82, 2.24) is 0 Å². The van der Waals surface area contributed by atoms with Crippen LogP contribution >= 0.6 is 0 Å². The molecule has 0 aromatic rings. The van der Waals surface area contributed by atoms with Crippen LogP contribution in [0.25, 0.3) is 0 Å². The molecule has 0 aliphatic heterocycles. The first kappa shape index (κ1) is 23.9. The number of rotatable bonds is 14. The summed E-state index contributed by atoms with van der Waals surface area (Å²) in [6.07, 6.45) is 24.2. The number of allylic oxidation sites excluding steroid dienone is 6. The smallest absolute Gasteiger partial charge is 0.305 e. The lowest BCUT2D eigenvalue weighted by Gasteiger charge is -2.01. The van der Waals surface area contributed by atoms with Crippen molar-refractivity contribution in [2.75, 3.05) is 6.61 Å². The Kier molecular flexibility index (Phi) is 21.5. The van der Waals surface area contributed by atoms with Gasteiger partial charge in [0.1, 0.15) is 0 Å². The quantitative estimate of drug-likeness (QED) is 0.247. The van der Waals surface area contributed by atoms with Gasteiger partial charge in [0.25, 0.3) is 0 Å². The molecule has 0 aliphatic rings. The molecular weight excluding hydrogens is 288 g/mol. The standard InChI is InChI=1S/C20H34O2.H2O/c1-3-5-6-7-8-9-10-11-12-13-14-15-16-17-18-19-20(21)22-4-2;/h5-6,8-9,11-12H,3-4,7,10,13-19H2,1-2H3;1H2/b6-5-,9-8-,12-11-;. The van der Waals surface area contributed by atoms with E-state index in [1.54, 1.807) is 0 Å². The van der Waals surface area contributed by atoms with Crippen LogP contribution in [0.5, 0.6) is 0 Å². The second kappa shape index (κ2) is 20.6. The van der Waals surface area contributed by atoms with Gasteiger partial charge in [0.2, 0.25) is 0 Å². The average molecular weight is 325 g/mol. The number of hydrogen-bond acceptors (Lipinski definition) is 2. The Bertz CT molecular complexity index is 330. The van der Waals surface area contributed by atoms with Crippen LogP contribution in [-0.2, 0) is 9.53 Å². The first-order valence-electron chi connectivity index (χ1n) is 8.91. The minimum Gasteiger partial charge on any atom is -0.466 e. The van der Waals surface area contributed by atoms with Gasteiger partial charge in [-0.1, -0.05) is 62.6 Å². The van der Waals surface area contributed by atoms with Crippen molar-refractivity contribution in [2.45, 2.75) is 78.1 Å². The molecule has 0 bridgehead atoms. The van der Waals surface area contributed by atoms with Gasteiger partial charge in [-0.2, -0.15) is 0 Å². The highest BCUT2D eigenvalue weighted by atomic mass is 16.5. The maximum Gasteiger partial charge on any atom is 0.305 e. The zero-order valence-electron chi connectivity index (χ0n) is 15.1. The van der Waals surface area contributed by atoms with Gasteiger partial charge < -0.3 is 10.2 Å². The molecule has 0 rings (SSSR count). The van der Waals surface area contributed by atoms with Crippen molar-refractivity contribution in [3.63, 3.8) is 0 Å². The fraction of sp³-hybridized carbons (Fsp3) is 0.650. The zero-order chi connectivity index (χ0) is 16.3. The van der Waals surface area contributed by atoms with Gasteiger partial charge in [0.05, 0.1) is 6.61 Å². The molecule has 134 valence electrons. The van der Waals surface area contributed by atoms with Gasteiger partial charge in [-0.3, -0.25) is 4.79 Å². The van der Waals surface area contributed by atoms with E-state index in [1.807, 2.05) is 6.92 Å². The fourth-order valence-electron chi connectivity index (χ4n) is 2.12. The first-order chi connectivity index (χ1) is 10.8. The predicted molar refractivity (Wildman–Crippen MR) is 99.5 cm³/mol. The summed E-state index contributed by atoms with van der Waals surface area (Å²) >= 11 is 0. The third-order valence-electron chi connectivity index (χ3n) is 3.34. The Labute approximate surface area is 142 Å². The molecule has 0 saturated carbocycles. The van der Waals surface area contributed by atoms with Gasteiger partial charge in [0, 0.05) is 6.42 Å². The molecule has 3 heteroatoms. The fourth-order valence-corrected chi connectivity index (χ4v) is 2.12. The largest absolute Gasteiger partial charge is 0.466 e. The molecule has 2 N–H and O–H groups in total. The third-order valence-corrected chi connectivity index (χ3v) is 3.34. The Hall–Kier alpha value is -1.35. The van der Waals surface area contributed by atoms with Crippen LogP contribution in [-0.4, -0.2) is 18.1 Å². The molecule has 0 unspecified atom stereocenters. The van der Waals surface area contributed by atoms with Crippen molar-refractivity contribution in [2.24, 2.45) is 0 Å². The highest BCUT2D eigenvalue weighted by molar-refractivity contribution is 5.69. The first-order valence-corrected chi connectivity index (χ1v) is 8.91. The molecule has 0 aromatic carbocycles. The minimum atomic E-state index is -0.0522. The Morgan fingerprint density at radius 1 is 0.783 bits per heavy atom. The van der Waals surface area contributed by atoms with E-state index in [0.29, 0.717) is 13.0 Å². The SMILES string of the molecule is CC/C=C\C/C=C\C/C=C\CCCCCCCC(=O)OCC.O. The molecule has 0 heterocycles. The minimum absolute atomic E-state index is 0. The van der Waals surface area contributed by atoms with Crippen molar-refractivity contribution >= 4 is 5.97 Å². The van der Waals surface area contributed by atoms with E-state index in [4.69, 9.17) is 4.74 Å². The van der Waals surface area contributed by atoms with Crippen molar-refractivity contribution < 1.29 is 15.0 Å². The molecule has 0 saturated heterocycles. The highest BCUT2D eigenvalue weighted by Gasteiger charge is 2.00. The maximum atomic E-state index is 11.1. The molecular formula is C20H36O3. The number of carbonyl (C=O) groups is 1. The molecule has 3 nitrogen and oxygen atoms in total. The Morgan fingerprint density at radius 2 is 1.35 bits per heavy atom. The lowest BCUT2D eigenvalue weighted by atomic mass is 10.1. The molecule has 0 amide bonds. The normalized spacial score (nSPS) is 11.4. The van der Waals surface area contributed by atoms with Crippen LogP contribution in [0, 0.1) is 0 Å². The van der Waals surface area contributed by atoms with Crippen molar-refractivity contribution in [3.8, 4) is 0 Å². The summed E-state index contributed by atoms with van der Waals surface area (Å²) < 4.78 is 4.90. The summed E-state index contributed by atoms with van der Waals surface area (Å²) in [6.45, 7) is 4.50. The van der Waals surface area contributed by atoms with E-state index in [2.05, 4.69) is 43.4 Å². The number of carbonyl (C=O) groups excluding carboxylic acids is 1. The second-order valence-corrected chi connectivity index (χ2v) is 5.41. The molecule has 0 spiro atoms. The third kappa shape index (κ3) is 20.6. The van der Waals surface area contributed by atoms with Crippen LogP contribution < -0.4 is 0 Å². The molecule has 0 aliphatic carbocycles. The summed E-state index contributed by atoms with van der Waals surface area (Å²) in [6, 6.07) is 0. The van der Waals surface area contributed by atoms with Crippen LogP contribution in [0.1, 0.15) is 78.1 Å². The van der Waals surface area contributed by atoms with Gasteiger partial charge in [-0.15, -0.1) is 0 Å². The summed E-state index contributed by atoms with van der Waals surface area (Å²) in [4.78, 5) is 11.1. The monoisotopic (exact) mass is 324 g/mol. The molecule has 23 heavy (non-hydrogen) atoms. The van der Waals surface area contributed by atoms with Crippen LogP contribution in [0.15, 0.2) is 36.5 Å². The summed E-state index contributed by atoms with van der Waals surface area (Å²) in [5, 5.41) is 0.